The van der Waals surface area contributed by atoms with E-state index in [1.54, 1.807) is 13.4 Å². The molecule has 0 saturated carbocycles. The van der Waals surface area contributed by atoms with Crippen molar-refractivity contribution in [1.82, 2.24) is 34.4 Å². The molecule has 0 aliphatic heterocycles. The third-order valence-corrected chi connectivity index (χ3v) is 6.43. The Labute approximate surface area is 233 Å². The van der Waals surface area contributed by atoms with Gasteiger partial charge >= 0.3 is 6.09 Å². The summed E-state index contributed by atoms with van der Waals surface area (Å²) in [6, 6.07) is 7.85. The van der Waals surface area contributed by atoms with Gasteiger partial charge in [-0.2, -0.15) is 0 Å². The van der Waals surface area contributed by atoms with Crippen molar-refractivity contribution in [3.63, 3.8) is 0 Å². The fourth-order valence-corrected chi connectivity index (χ4v) is 4.42. The molecule has 3 N–H and O–H groups in total. The summed E-state index contributed by atoms with van der Waals surface area (Å²) in [5, 5.41) is 4.89. The van der Waals surface area contributed by atoms with Gasteiger partial charge in [0.05, 0.1) is 42.6 Å². The fraction of sp³-hybridized carbons (Fsp3) is 0.414. The summed E-state index contributed by atoms with van der Waals surface area (Å²) >= 11 is 0. The van der Waals surface area contributed by atoms with E-state index in [2.05, 4.69) is 57.8 Å². The molecule has 0 aliphatic carbocycles. The van der Waals surface area contributed by atoms with Gasteiger partial charge in [-0.3, -0.25) is 0 Å². The number of anilines is 1. The van der Waals surface area contributed by atoms with Gasteiger partial charge in [-0.25, -0.2) is 24.7 Å². The average molecular weight is 547 g/mol. The number of rotatable bonds is 12. The number of hydrogen-bond acceptors (Lipinski definition) is 8. The number of nitrogens with one attached hydrogen (secondary N) is 1. The number of fused-ring (bicyclic) bond motifs is 1. The van der Waals surface area contributed by atoms with Crippen LogP contribution in [0.5, 0.6) is 5.75 Å². The zero-order valence-corrected chi connectivity index (χ0v) is 23.6. The first-order valence-corrected chi connectivity index (χ1v) is 13.7. The van der Waals surface area contributed by atoms with Gasteiger partial charge in [0.25, 0.3) is 0 Å². The largest absolute Gasteiger partial charge is 0.496 e. The molecule has 1 amide bonds. The van der Waals surface area contributed by atoms with Gasteiger partial charge in [0.15, 0.2) is 17.3 Å². The number of carbonyl (C=O) groups is 1. The summed E-state index contributed by atoms with van der Waals surface area (Å²) in [6.07, 6.45) is 10.5. The Bertz CT molecular complexity index is 1560. The molecular formula is C29H38N8O3. The Morgan fingerprint density at radius 1 is 1.12 bits per heavy atom. The average Bonchev–Trinajstić information content (AvgIpc) is 3.55. The molecule has 40 heavy (non-hydrogen) atoms. The van der Waals surface area contributed by atoms with Gasteiger partial charge in [-0.15, -0.1) is 0 Å². The number of unbranched alkanes of at least 4 members (excludes halogenated alkanes) is 1. The molecule has 3 aromatic heterocycles. The quantitative estimate of drug-likeness (QED) is 0.258. The fourth-order valence-electron chi connectivity index (χ4n) is 4.42. The Kier molecular flexibility index (Phi) is 9.71. The van der Waals surface area contributed by atoms with Gasteiger partial charge in [0.1, 0.15) is 11.3 Å². The first kappa shape index (κ1) is 28.6. The first-order chi connectivity index (χ1) is 19.4. The second kappa shape index (κ2) is 13.6. The van der Waals surface area contributed by atoms with Crippen LogP contribution in [0.15, 0.2) is 36.9 Å². The smallest absolute Gasteiger partial charge is 0.407 e. The monoisotopic (exact) mass is 546 g/mol. The van der Waals surface area contributed by atoms with Crippen LogP contribution in [0.2, 0.25) is 0 Å². The van der Waals surface area contributed by atoms with E-state index in [-0.39, 0.29) is 0 Å². The second-order valence-electron chi connectivity index (χ2n) is 9.63. The van der Waals surface area contributed by atoms with Crippen LogP contribution in [0, 0.1) is 0 Å². The van der Waals surface area contributed by atoms with E-state index in [4.69, 9.17) is 20.2 Å². The molecule has 212 valence electrons. The predicted octanol–water partition coefficient (Wildman–Crippen LogP) is 3.43. The van der Waals surface area contributed by atoms with Crippen molar-refractivity contribution in [1.29, 1.82) is 0 Å². The number of amides is 1. The number of aryl methyl sites for hydroxylation is 1. The molecule has 0 bridgehead atoms. The molecule has 0 unspecified atom stereocenters. The van der Waals surface area contributed by atoms with E-state index in [0.717, 1.165) is 29.1 Å². The minimum absolute atomic E-state index is 0.315. The van der Waals surface area contributed by atoms with E-state index in [1.165, 1.54) is 0 Å². The minimum Gasteiger partial charge on any atom is -0.496 e. The molecule has 0 radical (unpaired) electrons. The number of carbonyl (C=O) groups excluding carboxylic acids is 1. The highest BCUT2D eigenvalue weighted by Gasteiger charge is 2.15. The van der Waals surface area contributed by atoms with Crippen molar-refractivity contribution in [2.75, 3.05) is 26.0 Å². The Morgan fingerprint density at radius 2 is 1.95 bits per heavy atom. The first-order valence-electron chi connectivity index (χ1n) is 13.7. The lowest BCUT2D eigenvalue weighted by Gasteiger charge is -2.09. The van der Waals surface area contributed by atoms with E-state index in [0.29, 0.717) is 67.1 Å². The maximum atomic E-state index is 12.2. The van der Waals surface area contributed by atoms with Crippen LogP contribution in [-0.2, 0) is 11.3 Å². The van der Waals surface area contributed by atoms with Crippen molar-refractivity contribution < 1.29 is 14.3 Å². The van der Waals surface area contributed by atoms with Crippen LogP contribution in [0.3, 0.4) is 0 Å². The Balaban J connectivity index is 1.26. The number of benzene rings is 1. The van der Waals surface area contributed by atoms with E-state index >= 15 is 0 Å². The standard InChI is InChI=1S/C29H38N8O3/c1-5-11-22-23(37(19-32-22)20(2)3)13-10-15-31-29(38)40-17-9-8-16-36-18-33-25-26(30)34-27(35-28(25)36)21-12-6-7-14-24(21)39-4/h6-7,11-14,18-20H,5,8-10,15-17H2,1-4H3,(H,31,38)(H2,30,34,35)/b22-11+,23-13+. The Hall–Kier alpha value is -4.41. The number of para-hydroxylation sites is 1. The van der Waals surface area contributed by atoms with Gasteiger partial charge < -0.3 is 29.7 Å². The molecular weight excluding hydrogens is 508 g/mol. The lowest BCUT2D eigenvalue weighted by atomic mass is 10.2. The number of ether oxygens (including phenoxy) is 2. The summed E-state index contributed by atoms with van der Waals surface area (Å²) in [5.74, 6) is 1.47. The normalized spacial score (nSPS) is 12.4. The van der Waals surface area contributed by atoms with Crippen LogP contribution in [0.4, 0.5) is 10.6 Å². The van der Waals surface area contributed by atoms with Gasteiger partial charge in [-0.05, 0) is 51.7 Å². The predicted molar refractivity (Wildman–Crippen MR) is 156 cm³/mol. The summed E-state index contributed by atoms with van der Waals surface area (Å²) < 4.78 is 14.9. The highest BCUT2D eigenvalue weighted by atomic mass is 16.5. The number of imidazole rings is 2. The van der Waals surface area contributed by atoms with Crippen LogP contribution in [-0.4, -0.2) is 55.4 Å². The second-order valence-corrected chi connectivity index (χ2v) is 9.63. The molecule has 11 nitrogen and oxygen atoms in total. The zero-order valence-electron chi connectivity index (χ0n) is 23.6. The van der Waals surface area contributed by atoms with Crippen LogP contribution in [0.25, 0.3) is 34.7 Å². The number of nitrogen functional groups attached to an aromatic ring is 1. The number of alkyl carbamates (subject to hydrolysis) is 1. The van der Waals surface area contributed by atoms with Gasteiger partial charge in [0, 0.05) is 19.1 Å². The highest BCUT2D eigenvalue weighted by Crippen LogP contribution is 2.29. The topological polar surface area (TPSA) is 135 Å². The maximum Gasteiger partial charge on any atom is 0.407 e. The van der Waals surface area contributed by atoms with Gasteiger partial charge in [0.2, 0.25) is 0 Å². The third-order valence-electron chi connectivity index (χ3n) is 6.43. The van der Waals surface area contributed by atoms with Crippen molar-refractivity contribution in [2.24, 2.45) is 0 Å². The number of hydrogen-bond donors (Lipinski definition) is 2. The van der Waals surface area contributed by atoms with E-state index in [1.807, 2.05) is 35.2 Å². The molecule has 4 rings (SSSR count). The number of methoxy groups -OCH3 is 1. The molecule has 4 aromatic rings. The lowest BCUT2D eigenvalue weighted by Crippen LogP contribution is -2.32. The number of nitrogens with zero attached hydrogens (tertiary/aromatic N) is 6. The van der Waals surface area contributed by atoms with Gasteiger partial charge in [-0.1, -0.05) is 31.2 Å². The van der Waals surface area contributed by atoms with Crippen LogP contribution >= 0.6 is 0 Å². The summed E-state index contributed by atoms with van der Waals surface area (Å²) in [4.78, 5) is 30.2. The van der Waals surface area contributed by atoms with Crippen molar-refractivity contribution >= 4 is 35.2 Å². The molecule has 11 heteroatoms. The van der Waals surface area contributed by atoms with Crippen molar-refractivity contribution in [3.05, 3.63) is 47.6 Å². The zero-order chi connectivity index (χ0) is 28.5. The summed E-state index contributed by atoms with van der Waals surface area (Å²) in [6.45, 7) is 7.81. The van der Waals surface area contributed by atoms with E-state index < -0.39 is 6.09 Å². The summed E-state index contributed by atoms with van der Waals surface area (Å²) in [5.41, 5.74) is 8.16. The maximum absolute atomic E-state index is 12.2. The molecule has 1 aromatic carbocycles. The molecule has 0 spiro atoms. The third kappa shape index (κ3) is 6.77. The highest BCUT2D eigenvalue weighted by molar-refractivity contribution is 5.84. The van der Waals surface area contributed by atoms with Crippen molar-refractivity contribution in [2.45, 2.75) is 59.0 Å². The SMILES string of the molecule is CC/C=c1/ncn(C(C)C)/c1=C/CCNC(=O)OCCCCn1cnc2c(N)nc(-c3ccccc3OC)nc21. The molecule has 0 saturated heterocycles. The lowest BCUT2D eigenvalue weighted by molar-refractivity contribution is 0.144. The van der Waals surface area contributed by atoms with E-state index in [9.17, 15) is 4.79 Å². The molecule has 3 heterocycles. The minimum atomic E-state index is -0.416. The van der Waals surface area contributed by atoms with Crippen molar-refractivity contribution in [3.8, 4) is 17.1 Å². The Morgan fingerprint density at radius 3 is 2.73 bits per heavy atom. The number of aromatic nitrogens is 6. The van der Waals surface area contributed by atoms with Crippen LogP contribution in [0.1, 0.15) is 52.5 Å². The molecule has 0 aliphatic rings. The van der Waals surface area contributed by atoms with Crippen LogP contribution < -0.4 is 26.5 Å². The summed E-state index contributed by atoms with van der Waals surface area (Å²) in [7, 11) is 1.61. The number of nitrogens with two attached hydrogens (primary N) is 1. The molecule has 0 atom stereocenters. The molecule has 0 fully saturated rings.